The molecule has 80 valence electrons. The monoisotopic (exact) mass is 220 g/mol. The molecular formula is C13H8N4. The Labute approximate surface area is 97.6 Å². The highest BCUT2D eigenvalue weighted by molar-refractivity contribution is 5.80. The average molecular weight is 220 g/mol. The summed E-state index contributed by atoms with van der Waals surface area (Å²) in [7, 11) is 0. The first-order chi connectivity index (χ1) is 8.38. The van der Waals surface area contributed by atoms with Crippen LogP contribution >= 0.6 is 0 Å². The van der Waals surface area contributed by atoms with Gasteiger partial charge >= 0.3 is 0 Å². The zero-order valence-electron chi connectivity index (χ0n) is 8.88. The van der Waals surface area contributed by atoms with Crippen LogP contribution in [-0.2, 0) is 0 Å². The van der Waals surface area contributed by atoms with Crippen LogP contribution < -0.4 is 0 Å². The van der Waals surface area contributed by atoms with Crippen LogP contribution in [0, 0.1) is 11.3 Å². The minimum atomic E-state index is 0.520. The molecule has 0 radical (unpaired) electrons. The molecule has 0 aliphatic heterocycles. The first-order valence-corrected chi connectivity index (χ1v) is 5.18. The van der Waals surface area contributed by atoms with Crippen LogP contribution in [0.3, 0.4) is 0 Å². The molecule has 0 amide bonds. The molecule has 0 saturated heterocycles. The summed E-state index contributed by atoms with van der Waals surface area (Å²) < 4.78 is 0. The number of fused-ring (bicyclic) bond motifs is 1. The molecular weight excluding hydrogens is 212 g/mol. The average Bonchev–Trinajstić information content (AvgIpc) is 2.81. The van der Waals surface area contributed by atoms with E-state index in [9.17, 15) is 0 Å². The van der Waals surface area contributed by atoms with Crippen molar-refractivity contribution < 1.29 is 0 Å². The van der Waals surface area contributed by atoms with E-state index >= 15 is 0 Å². The fraction of sp³-hybridized carbons (Fsp3) is 0. The second kappa shape index (κ2) is 3.72. The molecule has 3 aromatic rings. The van der Waals surface area contributed by atoms with Crippen LogP contribution in [-0.4, -0.2) is 15.0 Å². The molecule has 0 spiro atoms. The van der Waals surface area contributed by atoms with Crippen LogP contribution in [0.4, 0.5) is 0 Å². The summed E-state index contributed by atoms with van der Waals surface area (Å²) in [6.07, 6.45) is 3.31. The number of nitriles is 1. The van der Waals surface area contributed by atoms with E-state index in [0.717, 1.165) is 11.3 Å². The third-order valence-corrected chi connectivity index (χ3v) is 2.57. The summed E-state index contributed by atoms with van der Waals surface area (Å²) in [5, 5.41) is 8.87. The smallest absolute Gasteiger partial charge is 0.158 e. The van der Waals surface area contributed by atoms with E-state index in [2.05, 4.69) is 21.0 Å². The highest BCUT2D eigenvalue weighted by Gasteiger charge is 2.07. The molecule has 3 rings (SSSR count). The first-order valence-electron chi connectivity index (χ1n) is 5.18. The standard InChI is InChI=1S/C13H8N4/c14-6-10-7-16-13-12(10)15-8-11(17-13)9-4-2-1-3-5-9/h1-5,7-8H,(H,16,17). The quantitative estimate of drug-likeness (QED) is 0.685. The maximum Gasteiger partial charge on any atom is 0.158 e. The van der Waals surface area contributed by atoms with Gasteiger partial charge in [-0.15, -0.1) is 0 Å². The number of rotatable bonds is 1. The summed E-state index contributed by atoms with van der Waals surface area (Å²) in [5.74, 6) is 0. The Bertz CT molecular complexity index is 707. The number of nitrogens with one attached hydrogen (secondary N) is 1. The number of hydrogen-bond donors (Lipinski definition) is 1. The van der Waals surface area contributed by atoms with Gasteiger partial charge in [0.05, 0.1) is 17.5 Å². The van der Waals surface area contributed by atoms with Gasteiger partial charge in [0.25, 0.3) is 0 Å². The third-order valence-electron chi connectivity index (χ3n) is 2.57. The molecule has 0 aliphatic rings. The molecule has 17 heavy (non-hydrogen) atoms. The lowest BCUT2D eigenvalue weighted by molar-refractivity contribution is 1.26. The number of aromatic amines is 1. The van der Waals surface area contributed by atoms with E-state index in [-0.39, 0.29) is 0 Å². The van der Waals surface area contributed by atoms with Gasteiger partial charge < -0.3 is 4.98 Å². The molecule has 2 aromatic heterocycles. The van der Waals surface area contributed by atoms with Gasteiger partial charge in [0.2, 0.25) is 0 Å². The van der Waals surface area contributed by atoms with Crippen molar-refractivity contribution in [3.05, 3.63) is 48.3 Å². The number of H-pyrrole nitrogens is 1. The summed E-state index contributed by atoms with van der Waals surface area (Å²) in [5.41, 5.74) is 3.58. The SMILES string of the molecule is N#Cc1c[nH]c2nc(-c3ccccc3)cnc12. The van der Waals surface area contributed by atoms with Crippen molar-refractivity contribution in [2.24, 2.45) is 0 Å². The number of benzene rings is 1. The van der Waals surface area contributed by atoms with Crippen molar-refractivity contribution in [3.63, 3.8) is 0 Å². The summed E-state index contributed by atoms with van der Waals surface area (Å²) in [6, 6.07) is 11.9. The normalized spacial score (nSPS) is 10.3. The fourth-order valence-corrected chi connectivity index (χ4v) is 1.73. The maximum atomic E-state index is 8.87. The Morgan fingerprint density at radius 1 is 1.18 bits per heavy atom. The Morgan fingerprint density at radius 3 is 2.76 bits per heavy atom. The van der Waals surface area contributed by atoms with Crippen LogP contribution in [0.2, 0.25) is 0 Å². The zero-order valence-corrected chi connectivity index (χ0v) is 8.88. The first kappa shape index (κ1) is 9.55. The predicted octanol–water partition coefficient (Wildman–Crippen LogP) is 2.50. The van der Waals surface area contributed by atoms with Gasteiger partial charge in [-0.2, -0.15) is 5.26 Å². The van der Waals surface area contributed by atoms with Gasteiger partial charge in [0, 0.05) is 11.8 Å². The van der Waals surface area contributed by atoms with Gasteiger partial charge in [0.15, 0.2) is 5.65 Å². The van der Waals surface area contributed by atoms with E-state index in [0.29, 0.717) is 16.7 Å². The molecule has 0 aliphatic carbocycles. The van der Waals surface area contributed by atoms with Crippen molar-refractivity contribution in [2.45, 2.75) is 0 Å². The van der Waals surface area contributed by atoms with Crippen LogP contribution in [0.15, 0.2) is 42.7 Å². The number of aromatic nitrogens is 3. The van der Waals surface area contributed by atoms with Crippen molar-refractivity contribution in [2.75, 3.05) is 0 Å². The lowest BCUT2D eigenvalue weighted by Gasteiger charge is -1.99. The van der Waals surface area contributed by atoms with E-state index < -0.39 is 0 Å². The lowest BCUT2D eigenvalue weighted by Crippen LogP contribution is -1.87. The minimum absolute atomic E-state index is 0.520. The van der Waals surface area contributed by atoms with Gasteiger partial charge in [-0.05, 0) is 0 Å². The summed E-state index contributed by atoms with van der Waals surface area (Å²) >= 11 is 0. The van der Waals surface area contributed by atoms with Gasteiger partial charge in [-0.25, -0.2) is 9.97 Å². The Kier molecular flexibility index (Phi) is 2.09. The molecule has 0 saturated carbocycles. The minimum Gasteiger partial charge on any atom is -0.343 e. The van der Waals surface area contributed by atoms with E-state index in [1.807, 2.05) is 30.3 Å². The molecule has 2 heterocycles. The Balaban J connectivity index is 2.19. The predicted molar refractivity (Wildman–Crippen MR) is 64.0 cm³/mol. The van der Waals surface area contributed by atoms with Crippen LogP contribution in [0.1, 0.15) is 5.56 Å². The van der Waals surface area contributed by atoms with Gasteiger partial charge in [-0.1, -0.05) is 30.3 Å². The highest BCUT2D eigenvalue weighted by atomic mass is 14.9. The van der Waals surface area contributed by atoms with E-state index in [1.165, 1.54) is 0 Å². The Hall–Kier alpha value is -2.67. The molecule has 1 N–H and O–H groups in total. The second-order valence-electron chi connectivity index (χ2n) is 3.63. The maximum absolute atomic E-state index is 8.87. The van der Waals surface area contributed by atoms with Crippen molar-refractivity contribution in [3.8, 4) is 17.3 Å². The second-order valence-corrected chi connectivity index (χ2v) is 3.63. The van der Waals surface area contributed by atoms with Gasteiger partial charge in [-0.3, -0.25) is 0 Å². The largest absolute Gasteiger partial charge is 0.343 e. The zero-order chi connectivity index (χ0) is 11.7. The molecule has 0 bridgehead atoms. The van der Waals surface area contributed by atoms with Crippen molar-refractivity contribution in [1.29, 1.82) is 5.26 Å². The van der Waals surface area contributed by atoms with Crippen LogP contribution in [0.25, 0.3) is 22.4 Å². The molecule has 0 fully saturated rings. The van der Waals surface area contributed by atoms with Crippen LogP contribution in [0.5, 0.6) is 0 Å². The van der Waals surface area contributed by atoms with E-state index in [4.69, 9.17) is 5.26 Å². The number of nitrogens with zero attached hydrogens (tertiary/aromatic N) is 3. The molecule has 4 nitrogen and oxygen atoms in total. The van der Waals surface area contributed by atoms with Crippen molar-refractivity contribution >= 4 is 11.2 Å². The molecule has 1 aromatic carbocycles. The highest BCUT2D eigenvalue weighted by Crippen LogP contribution is 2.19. The number of hydrogen-bond acceptors (Lipinski definition) is 3. The summed E-state index contributed by atoms with van der Waals surface area (Å²) in [6.45, 7) is 0. The molecule has 0 unspecified atom stereocenters. The molecule has 0 atom stereocenters. The van der Waals surface area contributed by atoms with Crippen molar-refractivity contribution in [1.82, 2.24) is 15.0 Å². The fourth-order valence-electron chi connectivity index (χ4n) is 1.73. The lowest BCUT2D eigenvalue weighted by atomic mass is 10.2. The topological polar surface area (TPSA) is 65.4 Å². The summed E-state index contributed by atoms with van der Waals surface area (Å²) in [4.78, 5) is 11.7. The third kappa shape index (κ3) is 1.54. The Morgan fingerprint density at radius 2 is 2.00 bits per heavy atom. The molecule has 4 heteroatoms. The van der Waals surface area contributed by atoms with Gasteiger partial charge in [0.1, 0.15) is 11.6 Å². The van der Waals surface area contributed by atoms with E-state index in [1.54, 1.807) is 12.4 Å².